The molecule has 98 valence electrons. The number of rotatable bonds is 4. The minimum atomic E-state index is -0.338. The Morgan fingerprint density at radius 2 is 2.06 bits per heavy atom. The first kappa shape index (κ1) is 13.1. The summed E-state index contributed by atoms with van der Waals surface area (Å²) in [5, 5.41) is 6.44. The summed E-state index contributed by atoms with van der Waals surface area (Å²) in [6.45, 7) is 5.41. The molecule has 0 bridgehead atoms. The highest BCUT2D eigenvalue weighted by Gasteiger charge is 2.26. The molecule has 2 N–H and O–H groups in total. The van der Waals surface area contributed by atoms with Crippen molar-refractivity contribution in [3.05, 3.63) is 16.5 Å². The number of aromatic nitrogens is 2. The van der Waals surface area contributed by atoms with Gasteiger partial charge in [0, 0.05) is 11.6 Å². The van der Waals surface area contributed by atoms with Crippen molar-refractivity contribution >= 4 is 23.3 Å². The summed E-state index contributed by atoms with van der Waals surface area (Å²) in [4.78, 5) is 20.2. The van der Waals surface area contributed by atoms with E-state index < -0.39 is 0 Å². The maximum Gasteiger partial charge on any atom is 0.242 e. The summed E-state index contributed by atoms with van der Waals surface area (Å²) in [6, 6.07) is 0.0215. The summed E-state index contributed by atoms with van der Waals surface area (Å²) in [6.07, 6.45) is 2.16. The van der Waals surface area contributed by atoms with E-state index in [2.05, 4.69) is 20.6 Å². The summed E-state index contributed by atoms with van der Waals surface area (Å²) in [5.41, 5.74) is 0.758. The molecule has 1 aromatic heterocycles. The number of hydrogen-bond acceptors (Lipinski definition) is 4. The predicted octanol–water partition coefficient (Wildman–Crippen LogP) is 1.83. The smallest absolute Gasteiger partial charge is 0.242 e. The lowest BCUT2D eigenvalue weighted by atomic mass is 10.2. The zero-order chi connectivity index (χ0) is 13.3. The van der Waals surface area contributed by atoms with Crippen LogP contribution in [0.3, 0.4) is 0 Å². The monoisotopic (exact) mass is 268 g/mol. The first-order valence-corrected chi connectivity index (χ1v) is 6.43. The van der Waals surface area contributed by atoms with Crippen LogP contribution in [0.2, 0.25) is 5.15 Å². The SMILES string of the molecule is Cc1nc(Cl)c(C)c(NC(C)C(=O)NC2CC2)n1. The number of carbonyl (C=O) groups is 1. The largest absolute Gasteiger partial charge is 0.358 e. The number of hydrogen-bond donors (Lipinski definition) is 2. The van der Waals surface area contributed by atoms with Crippen LogP contribution in [0.25, 0.3) is 0 Å². The zero-order valence-electron chi connectivity index (χ0n) is 10.7. The lowest BCUT2D eigenvalue weighted by Crippen LogP contribution is -2.39. The Balaban J connectivity index is 2.05. The van der Waals surface area contributed by atoms with Crippen LogP contribution in [-0.2, 0) is 4.79 Å². The van der Waals surface area contributed by atoms with Crippen molar-refractivity contribution in [3.63, 3.8) is 0 Å². The van der Waals surface area contributed by atoms with Crippen LogP contribution in [0, 0.1) is 13.8 Å². The van der Waals surface area contributed by atoms with Gasteiger partial charge < -0.3 is 10.6 Å². The fourth-order valence-electron chi connectivity index (χ4n) is 1.56. The van der Waals surface area contributed by atoms with Gasteiger partial charge in [0.05, 0.1) is 0 Å². The third-order valence-electron chi connectivity index (χ3n) is 2.87. The molecular weight excluding hydrogens is 252 g/mol. The van der Waals surface area contributed by atoms with E-state index >= 15 is 0 Å². The lowest BCUT2D eigenvalue weighted by Gasteiger charge is -2.16. The molecule has 18 heavy (non-hydrogen) atoms. The van der Waals surface area contributed by atoms with Crippen LogP contribution in [0.15, 0.2) is 0 Å². The highest BCUT2D eigenvalue weighted by atomic mass is 35.5. The van der Waals surface area contributed by atoms with Gasteiger partial charge in [-0.05, 0) is 33.6 Å². The second kappa shape index (κ2) is 5.10. The van der Waals surface area contributed by atoms with Gasteiger partial charge in [0.2, 0.25) is 5.91 Å². The second-order valence-electron chi connectivity index (χ2n) is 4.68. The van der Waals surface area contributed by atoms with E-state index in [0.717, 1.165) is 18.4 Å². The molecule has 1 heterocycles. The highest BCUT2D eigenvalue weighted by molar-refractivity contribution is 6.30. The third kappa shape index (κ3) is 3.10. The fourth-order valence-corrected chi connectivity index (χ4v) is 1.77. The van der Waals surface area contributed by atoms with Crippen LogP contribution in [0.5, 0.6) is 0 Å². The predicted molar refractivity (Wildman–Crippen MR) is 70.8 cm³/mol. The van der Waals surface area contributed by atoms with E-state index in [1.54, 1.807) is 6.92 Å². The molecule has 2 rings (SSSR count). The van der Waals surface area contributed by atoms with E-state index in [4.69, 9.17) is 11.6 Å². The minimum absolute atomic E-state index is 0.00992. The van der Waals surface area contributed by atoms with Crippen molar-refractivity contribution in [1.82, 2.24) is 15.3 Å². The molecule has 1 unspecified atom stereocenters. The van der Waals surface area contributed by atoms with Gasteiger partial charge in [-0.25, -0.2) is 9.97 Å². The number of aryl methyl sites for hydroxylation is 1. The molecule has 1 saturated carbocycles. The molecule has 0 radical (unpaired) electrons. The van der Waals surface area contributed by atoms with Gasteiger partial charge in [-0.1, -0.05) is 11.6 Å². The molecule has 1 amide bonds. The standard InChI is InChI=1S/C12H17ClN4O/c1-6-10(13)15-8(3)16-11(6)14-7(2)12(18)17-9-4-5-9/h7,9H,4-5H2,1-3H3,(H,17,18)(H,14,15,16). The summed E-state index contributed by atoms with van der Waals surface area (Å²) in [5.74, 6) is 1.19. The molecule has 5 nitrogen and oxygen atoms in total. The fraction of sp³-hybridized carbons (Fsp3) is 0.583. The number of anilines is 1. The third-order valence-corrected chi connectivity index (χ3v) is 3.24. The molecular formula is C12H17ClN4O. The normalized spacial score (nSPS) is 16.2. The summed E-state index contributed by atoms with van der Waals surface area (Å²) in [7, 11) is 0. The average molecular weight is 269 g/mol. The number of halogens is 1. The quantitative estimate of drug-likeness (QED) is 0.818. The van der Waals surface area contributed by atoms with Crippen LogP contribution < -0.4 is 10.6 Å². The van der Waals surface area contributed by atoms with Gasteiger partial charge in [0.15, 0.2) is 0 Å². The van der Waals surface area contributed by atoms with Crippen molar-refractivity contribution in [2.75, 3.05) is 5.32 Å². The Kier molecular flexibility index (Phi) is 3.71. The Bertz CT molecular complexity index is 473. The van der Waals surface area contributed by atoms with Crippen molar-refractivity contribution in [2.45, 2.75) is 45.7 Å². The summed E-state index contributed by atoms with van der Waals surface area (Å²) >= 11 is 5.98. The van der Waals surface area contributed by atoms with E-state index in [9.17, 15) is 4.79 Å². The number of amides is 1. The average Bonchev–Trinajstić information content (AvgIpc) is 3.08. The molecule has 6 heteroatoms. The second-order valence-corrected chi connectivity index (χ2v) is 5.04. The Hall–Kier alpha value is -1.36. The number of nitrogens with zero attached hydrogens (tertiary/aromatic N) is 2. The topological polar surface area (TPSA) is 66.9 Å². The molecule has 1 aromatic rings. The van der Waals surface area contributed by atoms with E-state index in [1.165, 1.54) is 0 Å². The van der Waals surface area contributed by atoms with E-state index in [1.807, 2.05) is 13.8 Å². The maximum absolute atomic E-state index is 11.8. The van der Waals surface area contributed by atoms with Crippen LogP contribution in [0.1, 0.15) is 31.2 Å². The van der Waals surface area contributed by atoms with E-state index in [-0.39, 0.29) is 11.9 Å². The first-order valence-electron chi connectivity index (χ1n) is 6.05. The van der Waals surface area contributed by atoms with Crippen LogP contribution in [0.4, 0.5) is 5.82 Å². The maximum atomic E-state index is 11.8. The minimum Gasteiger partial charge on any atom is -0.358 e. The molecule has 1 aliphatic rings. The first-order chi connectivity index (χ1) is 8.47. The van der Waals surface area contributed by atoms with Crippen LogP contribution in [-0.4, -0.2) is 28.0 Å². The van der Waals surface area contributed by atoms with Gasteiger partial charge in [-0.15, -0.1) is 0 Å². The van der Waals surface area contributed by atoms with Crippen LogP contribution >= 0.6 is 11.6 Å². The van der Waals surface area contributed by atoms with Crippen molar-refractivity contribution in [1.29, 1.82) is 0 Å². The van der Waals surface area contributed by atoms with Crippen molar-refractivity contribution < 1.29 is 4.79 Å². The Labute approximate surface area is 111 Å². The molecule has 1 aliphatic carbocycles. The lowest BCUT2D eigenvalue weighted by molar-refractivity contribution is -0.121. The highest BCUT2D eigenvalue weighted by Crippen LogP contribution is 2.21. The van der Waals surface area contributed by atoms with E-state index in [0.29, 0.717) is 22.8 Å². The van der Waals surface area contributed by atoms with Gasteiger partial charge in [0.1, 0.15) is 22.8 Å². The van der Waals surface area contributed by atoms with Crippen molar-refractivity contribution in [3.8, 4) is 0 Å². The van der Waals surface area contributed by atoms with Gasteiger partial charge in [-0.3, -0.25) is 4.79 Å². The van der Waals surface area contributed by atoms with Crippen molar-refractivity contribution in [2.24, 2.45) is 0 Å². The molecule has 0 saturated heterocycles. The van der Waals surface area contributed by atoms with Gasteiger partial charge in [-0.2, -0.15) is 0 Å². The Morgan fingerprint density at radius 1 is 1.39 bits per heavy atom. The molecule has 1 fully saturated rings. The molecule has 1 atom stereocenters. The molecule has 0 aliphatic heterocycles. The number of nitrogens with one attached hydrogen (secondary N) is 2. The van der Waals surface area contributed by atoms with Gasteiger partial charge >= 0.3 is 0 Å². The zero-order valence-corrected chi connectivity index (χ0v) is 11.5. The number of carbonyl (C=O) groups excluding carboxylic acids is 1. The van der Waals surface area contributed by atoms with Gasteiger partial charge in [0.25, 0.3) is 0 Å². The molecule has 0 spiro atoms. The Morgan fingerprint density at radius 3 is 2.67 bits per heavy atom. The summed E-state index contributed by atoms with van der Waals surface area (Å²) < 4.78 is 0. The molecule has 0 aromatic carbocycles.